The van der Waals surface area contributed by atoms with Gasteiger partial charge in [0.2, 0.25) is 10.0 Å². The molecule has 190 valence electrons. The van der Waals surface area contributed by atoms with Gasteiger partial charge < -0.3 is 10.0 Å². The van der Waals surface area contributed by atoms with E-state index in [-0.39, 0.29) is 17.4 Å². The summed E-state index contributed by atoms with van der Waals surface area (Å²) in [6.07, 6.45) is 9.57. The van der Waals surface area contributed by atoms with E-state index < -0.39 is 22.0 Å². The van der Waals surface area contributed by atoms with E-state index in [2.05, 4.69) is 24.8 Å². The van der Waals surface area contributed by atoms with E-state index in [0.29, 0.717) is 12.5 Å². The van der Waals surface area contributed by atoms with Gasteiger partial charge in [-0.3, -0.25) is 4.79 Å². The molecule has 0 bridgehead atoms. The number of rotatable bonds is 12. The van der Waals surface area contributed by atoms with Gasteiger partial charge >= 0.3 is 5.97 Å². The maximum absolute atomic E-state index is 13.7. The van der Waals surface area contributed by atoms with Gasteiger partial charge in [-0.1, -0.05) is 64.1 Å². The smallest absolute Gasteiger partial charge is 0.322 e. The first-order valence-corrected chi connectivity index (χ1v) is 14.4. The number of carboxylic acids is 1. The summed E-state index contributed by atoms with van der Waals surface area (Å²) in [5.41, 5.74) is 0. The van der Waals surface area contributed by atoms with E-state index in [1.54, 1.807) is 49.9 Å². The van der Waals surface area contributed by atoms with E-state index in [1.165, 1.54) is 10.7 Å². The number of sulfonamides is 1. The van der Waals surface area contributed by atoms with Gasteiger partial charge in [-0.25, -0.2) is 8.42 Å². The fraction of sp³-hybridized carbons (Fsp3) is 0.577. The average molecular weight is 509 g/mol. The van der Waals surface area contributed by atoms with Gasteiger partial charge in [0.15, 0.2) is 0 Å². The largest absolute Gasteiger partial charge is 0.480 e. The minimum atomic E-state index is -3.98. The third kappa shape index (κ3) is 8.26. The number of aliphatic carboxylic acids is 1. The molecule has 8 heteroatoms. The first-order valence-electron chi connectivity index (χ1n) is 12.2. The summed E-state index contributed by atoms with van der Waals surface area (Å²) in [4.78, 5) is 16.5. The Hall–Kier alpha value is -1.61. The molecule has 0 radical (unpaired) electrons. The summed E-state index contributed by atoms with van der Waals surface area (Å²) in [5, 5.41) is 9.89. The van der Waals surface area contributed by atoms with Crippen LogP contribution in [0.2, 0.25) is 0 Å². The first kappa shape index (κ1) is 28.6. The number of carboxylic acid groups (broad SMARTS) is 1. The highest BCUT2D eigenvalue weighted by Crippen LogP contribution is 2.31. The predicted octanol–water partition coefficient (Wildman–Crippen LogP) is 5.48. The van der Waals surface area contributed by atoms with E-state index in [4.69, 9.17) is 0 Å². The lowest BCUT2D eigenvalue weighted by Crippen LogP contribution is -2.51. The number of thioether (sulfide) groups is 1. The van der Waals surface area contributed by atoms with Crippen LogP contribution >= 0.6 is 11.8 Å². The van der Waals surface area contributed by atoms with Crippen LogP contribution < -0.4 is 0 Å². The van der Waals surface area contributed by atoms with Crippen molar-refractivity contribution in [3.05, 3.63) is 47.4 Å². The molecule has 1 aliphatic rings. The van der Waals surface area contributed by atoms with Crippen LogP contribution in [0.3, 0.4) is 0 Å². The molecular weight excluding hydrogens is 468 g/mol. The number of nitrogens with zero attached hydrogens (tertiary/aromatic N) is 2. The number of benzene rings is 1. The molecule has 1 saturated heterocycles. The maximum atomic E-state index is 13.7. The lowest BCUT2D eigenvalue weighted by molar-refractivity contribution is -0.143. The van der Waals surface area contributed by atoms with Gasteiger partial charge in [0.05, 0.1) is 4.90 Å². The highest BCUT2D eigenvalue weighted by Gasteiger charge is 2.38. The topological polar surface area (TPSA) is 77.9 Å². The van der Waals surface area contributed by atoms with Crippen molar-refractivity contribution >= 4 is 27.8 Å². The van der Waals surface area contributed by atoms with Crippen molar-refractivity contribution in [3.8, 4) is 0 Å². The van der Waals surface area contributed by atoms with Crippen LogP contribution in [-0.4, -0.2) is 60.9 Å². The van der Waals surface area contributed by atoms with Gasteiger partial charge in [0, 0.05) is 22.9 Å². The van der Waals surface area contributed by atoms with Crippen LogP contribution in [0.5, 0.6) is 0 Å². The van der Waals surface area contributed by atoms with Crippen molar-refractivity contribution in [1.82, 2.24) is 9.21 Å². The molecule has 0 unspecified atom stereocenters. The molecule has 1 aliphatic heterocycles. The van der Waals surface area contributed by atoms with Crippen LogP contribution in [0.15, 0.2) is 57.2 Å². The van der Waals surface area contributed by atoms with E-state index in [0.717, 1.165) is 35.7 Å². The monoisotopic (exact) mass is 508 g/mol. The third-order valence-electron chi connectivity index (χ3n) is 5.77. The fourth-order valence-electron chi connectivity index (χ4n) is 4.14. The Labute approximate surface area is 210 Å². The van der Waals surface area contributed by atoms with Crippen molar-refractivity contribution < 1.29 is 18.3 Å². The van der Waals surface area contributed by atoms with E-state index >= 15 is 0 Å². The predicted molar refractivity (Wildman–Crippen MR) is 140 cm³/mol. The Morgan fingerprint density at radius 3 is 2.24 bits per heavy atom. The van der Waals surface area contributed by atoms with Gasteiger partial charge in [-0.05, 0) is 69.0 Å². The molecule has 1 aromatic rings. The van der Waals surface area contributed by atoms with Crippen LogP contribution in [0, 0.1) is 11.8 Å². The Morgan fingerprint density at radius 1 is 1.12 bits per heavy atom. The van der Waals surface area contributed by atoms with Crippen LogP contribution in [-0.2, 0) is 14.8 Å². The average Bonchev–Trinajstić information content (AvgIpc) is 2.76. The minimum absolute atomic E-state index is 0.128. The van der Waals surface area contributed by atoms with Gasteiger partial charge in [0.1, 0.15) is 6.04 Å². The first-order chi connectivity index (χ1) is 16.1. The SMILES string of the molecule is C/C=C\C(=C/C(C)C)Sc1ccc(S(=O)(=O)N(CCN2CCCCC2)[C@@H](C(=O)O)C(C)C)cc1. The molecule has 1 atom stereocenters. The normalized spacial score (nSPS) is 17.2. The van der Waals surface area contributed by atoms with Gasteiger partial charge in [0.25, 0.3) is 0 Å². The number of allylic oxidation sites excluding steroid dienone is 3. The highest BCUT2D eigenvalue weighted by atomic mass is 32.2. The summed E-state index contributed by atoms with van der Waals surface area (Å²) in [5.74, 6) is -1.07. The Balaban J connectivity index is 2.31. The molecule has 34 heavy (non-hydrogen) atoms. The summed E-state index contributed by atoms with van der Waals surface area (Å²) in [6, 6.07) is 5.66. The molecule has 1 N–H and O–H groups in total. The van der Waals surface area contributed by atoms with Crippen molar-refractivity contribution in [3.63, 3.8) is 0 Å². The molecular formula is C26H40N2O4S2. The van der Waals surface area contributed by atoms with E-state index in [1.807, 2.05) is 19.1 Å². The number of hydrogen-bond donors (Lipinski definition) is 1. The lowest BCUT2D eigenvalue weighted by Gasteiger charge is -2.33. The molecule has 0 aliphatic carbocycles. The van der Waals surface area contributed by atoms with Gasteiger partial charge in [-0.2, -0.15) is 4.31 Å². The lowest BCUT2D eigenvalue weighted by atomic mass is 10.0. The molecule has 0 aromatic heterocycles. The van der Waals surface area contributed by atoms with Crippen LogP contribution in [0.4, 0.5) is 0 Å². The van der Waals surface area contributed by atoms with Gasteiger partial charge in [-0.15, -0.1) is 0 Å². The molecule has 0 saturated carbocycles. The zero-order chi connectivity index (χ0) is 25.3. The summed E-state index contributed by atoms with van der Waals surface area (Å²) in [7, 11) is -3.98. The second-order valence-electron chi connectivity index (χ2n) is 9.43. The maximum Gasteiger partial charge on any atom is 0.322 e. The highest BCUT2D eigenvalue weighted by molar-refractivity contribution is 8.03. The third-order valence-corrected chi connectivity index (χ3v) is 8.69. The van der Waals surface area contributed by atoms with E-state index in [9.17, 15) is 18.3 Å². The van der Waals surface area contributed by atoms with Crippen molar-refractivity contribution in [1.29, 1.82) is 0 Å². The number of likely N-dealkylation sites (tertiary alicyclic amines) is 1. The standard InChI is InChI=1S/C26H40N2O4S2/c1-6-10-23(19-20(2)3)33-22-11-13-24(14-12-22)34(31,32)28(25(21(4)5)26(29)30)18-17-27-15-8-7-9-16-27/h6,10-14,19-21,25H,7-9,15-18H2,1-5H3,(H,29,30)/b10-6-,23-19+/t25-/m1/s1. The van der Waals surface area contributed by atoms with Crippen LogP contribution in [0.1, 0.15) is 53.9 Å². The molecule has 1 fully saturated rings. The Kier molecular flexibility index (Phi) is 11.3. The molecule has 6 nitrogen and oxygen atoms in total. The second-order valence-corrected chi connectivity index (χ2v) is 12.5. The molecule has 0 spiro atoms. The van der Waals surface area contributed by atoms with Crippen LogP contribution in [0.25, 0.3) is 0 Å². The molecule has 2 rings (SSSR count). The Morgan fingerprint density at radius 2 is 1.74 bits per heavy atom. The number of carbonyl (C=O) groups is 1. The molecule has 1 aromatic carbocycles. The molecule has 0 amide bonds. The fourth-order valence-corrected chi connectivity index (χ4v) is 6.93. The van der Waals surface area contributed by atoms with Crippen molar-refractivity contribution in [2.24, 2.45) is 11.8 Å². The Bertz CT molecular complexity index is 948. The van der Waals surface area contributed by atoms with Crippen molar-refractivity contribution in [2.75, 3.05) is 26.2 Å². The zero-order valence-corrected chi connectivity index (χ0v) is 22.7. The molecule has 1 heterocycles. The number of piperidine rings is 1. The zero-order valence-electron chi connectivity index (χ0n) is 21.1. The van der Waals surface area contributed by atoms with Crippen molar-refractivity contribution in [2.45, 2.75) is 69.7 Å². The summed E-state index contributed by atoms with van der Waals surface area (Å²) in [6.45, 7) is 12.3. The minimum Gasteiger partial charge on any atom is -0.480 e. The summed E-state index contributed by atoms with van der Waals surface area (Å²) >= 11 is 1.58. The second kappa shape index (κ2) is 13.5. The summed E-state index contributed by atoms with van der Waals surface area (Å²) < 4.78 is 28.5. The quantitative estimate of drug-likeness (QED) is 0.298. The number of hydrogen-bond acceptors (Lipinski definition) is 5.